The molecule has 182 valence electrons. The van der Waals surface area contributed by atoms with E-state index in [-0.39, 0.29) is 28.8 Å². The molecule has 8 nitrogen and oxygen atoms in total. The Kier molecular flexibility index (Phi) is 6.23. The monoisotopic (exact) mass is 488 g/mol. The molecule has 34 heavy (non-hydrogen) atoms. The zero-order chi connectivity index (χ0) is 24.5. The molecule has 0 saturated carbocycles. The maximum Gasteiger partial charge on any atom is 0.453 e. The van der Waals surface area contributed by atoms with Gasteiger partial charge in [0.2, 0.25) is 5.91 Å². The SMILES string of the molecule is O=C(Nc1ccccc1OCC(F)(F)F)C1CCN(c2ccc3nnc(C(F)(F)F)n3n2)CC1. The molecule has 0 aliphatic carbocycles. The lowest BCUT2D eigenvalue weighted by molar-refractivity contribution is -0.153. The van der Waals surface area contributed by atoms with Crippen LogP contribution in [0.1, 0.15) is 18.7 Å². The molecular formula is C20H18F6N6O2. The molecule has 1 aromatic carbocycles. The standard InChI is InChI=1S/C20H18F6N6O2/c21-19(22,23)11-34-14-4-2-1-3-13(14)27-17(33)12-7-9-31(10-8-12)16-6-5-15-28-29-18(20(24,25)26)32(15)30-16/h1-6,12H,7-11H2,(H,27,33). The molecule has 1 aliphatic rings. The number of rotatable bonds is 5. The highest BCUT2D eigenvalue weighted by Crippen LogP contribution is 2.30. The van der Waals surface area contributed by atoms with Crippen LogP contribution in [0, 0.1) is 5.92 Å². The summed E-state index contributed by atoms with van der Waals surface area (Å²) in [5.41, 5.74) is 0.0790. The first-order valence-corrected chi connectivity index (χ1v) is 10.2. The van der Waals surface area contributed by atoms with Crippen molar-refractivity contribution < 1.29 is 35.9 Å². The molecule has 0 spiro atoms. The van der Waals surface area contributed by atoms with Gasteiger partial charge in [-0.15, -0.1) is 15.3 Å². The maximum atomic E-state index is 13.1. The van der Waals surface area contributed by atoms with E-state index in [0.717, 1.165) is 0 Å². The number of amides is 1. The Morgan fingerprint density at radius 3 is 2.41 bits per heavy atom. The van der Waals surface area contributed by atoms with Crippen molar-refractivity contribution in [2.75, 3.05) is 29.9 Å². The molecule has 1 amide bonds. The third-order valence-corrected chi connectivity index (χ3v) is 5.23. The van der Waals surface area contributed by atoms with Gasteiger partial charge in [-0.05, 0) is 37.1 Å². The van der Waals surface area contributed by atoms with E-state index in [1.54, 1.807) is 11.0 Å². The highest BCUT2D eigenvalue weighted by atomic mass is 19.4. The largest absolute Gasteiger partial charge is 0.482 e. The number of hydrogen-bond acceptors (Lipinski definition) is 6. The van der Waals surface area contributed by atoms with Crippen LogP contribution in [0.3, 0.4) is 0 Å². The molecule has 0 unspecified atom stereocenters. The first-order valence-electron chi connectivity index (χ1n) is 10.2. The molecule has 1 aliphatic heterocycles. The molecule has 0 atom stereocenters. The summed E-state index contributed by atoms with van der Waals surface area (Å²) in [6.07, 6.45) is -8.50. The fourth-order valence-corrected chi connectivity index (χ4v) is 3.59. The number of benzene rings is 1. The maximum absolute atomic E-state index is 13.1. The first kappa shape index (κ1) is 23.6. The van der Waals surface area contributed by atoms with E-state index >= 15 is 0 Å². The van der Waals surface area contributed by atoms with Gasteiger partial charge in [-0.1, -0.05) is 12.1 Å². The van der Waals surface area contributed by atoms with Gasteiger partial charge >= 0.3 is 12.4 Å². The van der Waals surface area contributed by atoms with Crippen molar-refractivity contribution in [2.24, 2.45) is 5.92 Å². The van der Waals surface area contributed by atoms with Gasteiger partial charge < -0.3 is 15.0 Å². The summed E-state index contributed by atoms with van der Waals surface area (Å²) in [7, 11) is 0. The van der Waals surface area contributed by atoms with Crippen LogP contribution in [-0.2, 0) is 11.0 Å². The fraction of sp³-hybridized carbons (Fsp3) is 0.400. The minimum absolute atomic E-state index is 0.0447. The van der Waals surface area contributed by atoms with E-state index in [0.29, 0.717) is 30.4 Å². The summed E-state index contributed by atoms with van der Waals surface area (Å²) in [5.74, 6) is -1.88. The van der Waals surface area contributed by atoms with Crippen molar-refractivity contribution in [3.8, 4) is 5.75 Å². The van der Waals surface area contributed by atoms with E-state index in [1.165, 1.54) is 30.3 Å². The minimum atomic E-state index is -4.71. The number of fused-ring (bicyclic) bond motifs is 1. The van der Waals surface area contributed by atoms with Gasteiger partial charge in [0.05, 0.1) is 5.69 Å². The Balaban J connectivity index is 1.39. The summed E-state index contributed by atoms with van der Waals surface area (Å²) in [6.45, 7) is -0.809. The third kappa shape index (κ3) is 5.31. The van der Waals surface area contributed by atoms with Crippen molar-refractivity contribution in [2.45, 2.75) is 25.2 Å². The van der Waals surface area contributed by atoms with Crippen LogP contribution in [0.5, 0.6) is 5.75 Å². The molecule has 3 aromatic rings. The number of halogens is 6. The molecule has 1 N–H and O–H groups in total. The van der Waals surface area contributed by atoms with Gasteiger partial charge in [0.1, 0.15) is 11.6 Å². The second-order valence-corrected chi connectivity index (χ2v) is 7.63. The average Bonchev–Trinajstić information content (AvgIpc) is 3.22. The van der Waals surface area contributed by atoms with E-state index in [9.17, 15) is 31.1 Å². The van der Waals surface area contributed by atoms with E-state index < -0.39 is 30.7 Å². The zero-order valence-electron chi connectivity index (χ0n) is 17.4. The highest BCUT2D eigenvalue weighted by Gasteiger charge is 2.38. The van der Waals surface area contributed by atoms with E-state index in [1.807, 2.05) is 0 Å². The Morgan fingerprint density at radius 2 is 1.74 bits per heavy atom. The number of nitrogens with zero attached hydrogens (tertiary/aromatic N) is 5. The van der Waals surface area contributed by atoms with Crippen LogP contribution in [0.25, 0.3) is 5.65 Å². The second-order valence-electron chi connectivity index (χ2n) is 7.63. The quantitative estimate of drug-likeness (QED) is 0.548. The number of alkyl halides is 6. The third-order valence-electron chi connectivity index (χ3n) is 5.23. The van der Waals surface area contributed by atoms with Crippen molar-refractivity contribution in [3.63, 3.8) is 0 Å². The molecule has 0 bridgehead atoms. The minimum Gasteiger partial charge on any atom is -0.482 e. The lowest BCUT2D eigenvalue weighted by Gasteiger charge is -2.32. The molecule has 2 aromatic heterocycles. The first-order chi connectivity index (χ1) is 16.0. The van der Waals surface area contributed by atoms with Gasteiger partial charge in [0.15, 0.2) is 12.3 Å². The number of carbonyl (C=O) groups excluding carboxylic acids is 1. The van der Waals surface area contributed by atoms with Gasteiger partial charge in [-0.3, -0.25) is 4.79 Å². The van der Waals surface area contributed by atoms with Crippen molar-refractivity contribution >= 4 is 23.1 Å². The number of hydrogen-bond donors (Lipinski definition) is 1. The van der Waals surface area contributed by atoms with Crippen molar-refractivity contribution in [3.05, 3.63) is 42.2 Å². The fourth-order valence-electron chi connectivity index (χ4n) is 3.59. The summed E-state index contributed by atoms with van der Waals surface area (Å²) in [4.78, 5) is 14.4. The predicted molar refractivity (Wildman–Crippen MR) is 107 cm³/mol. The van der Waals surface area contributed by atoms with Crippen LogP contribution in [0.2, 0.25) is 0 Å². The van der Waals surface area contributed by atoms with Gasteiger partial charge in [-0.2, -0.15) is 30.9 Å². The van der Waals surface area contributed by atoms with Crippen LogP contribution in [0.4, 0.5) is 37.8 Å². The highest BCUT2D eigenvalue weighted by molar-refractivity contribution is 5.94. The molecule has 0 radical (unpaired) electrons. The summed E-state index contributed by atoms with van der Waals surface area (Å²) >= 11 is 0. The number of para-hydroxylation sites is 2. The topological polar surface area (TPSA) is 84.6 Å². The smallest absolute Gasteiger partial charge is 0.453 e. The lowest BCUT2D eigenvalue weighted by atomic mass is 9.95. The zero-order valence-corrected chi connectivity index (χ0v) is 17.4. The number of piperidine rings is 1. The van der Waals surface area contributed by atoms with Crippen LogP contribution >= 0.6 is 0 Å². The Hall–Kier alpha value is -3.58. The Morgan fingerprint density at radius 1 is 1.03 bits per heavy atom. The second kappa shape index (κ2) is 8.99. The number of carbonyl (C=O) groups is 1. The van der Waals surface area contributed by atoms with Crippen LogP contribution in [-0.4, -0.2) is 51.6 Å². The summed E-state index contributed by atoms with van der Waals surface area (Å²) in [6, 6.07) is 8.71. The summed E-state index contributed by atoms with van der Waals surface area (Å²) < 4.78 is 82.1. The Labute approximate surface area is 188 Å². The predicted octanol–water partition coefficient (Wildman–Crippen LogP) is 3.94. The molecule has 3 heterocycles. The van der Waals surface area contributed by atoms with Crippen molar-refractivity contribution in [1.29, 1.82) is 0 Å². The number of aromatic nitrogens is 4. The van der Waals surface area contributed by atoms with Gasteiger partial charge in [0, 0.05) is 19.0 Å². The number of anilines is 2. The number of ether oxygens (including phenoxy) is 1. The molecule has 1 fully saturated rings. The van der Waals surface area contributed by atoms with Crippen molar-refractivity contribution in [1.82, 2.24) is 19.8 Å². The van der Waals surface area contributed by atoms with Crippen LogP contribution in [0.15, 0.2) is 36.4 Å². The number of nitrogens with one attached hydrogen (secondary N) is 1. The molecule has 1 saturated heterocycles. The normalized spacial score (nSPS) is 15.5. The van der Waals surface area contributed by atoms with Crippen LogP contribution < -0.4 is 15.0 Å². The van der Waals surface area contributed by atoms with E-state index in [4.69, 9.17) is 4.74 Å². The molecule has 14 heteroatoms. The lowest BCUT2D eigenvalue weighted by Crippen LogP contribution is -2.38. The summed E-state index contributed by atoms with van der Waals surface area (Å²) in [5, 5.41) is 13.2. The Bertz CT molecular complexity index is 1170. The van der Waals surface area contributed by atoms with Gasteiger partial charge in [-0.25, -0.2) is 0 Å². The average molecular weight is 488 g/mol. The molecular weight excluding hydrogens is 470 g/mol. The van der Waals surface area contributed by atoms with Gasteiger partial charge in [0.25, 0.3) is 5.82 Å². The van der Waals surface area contributed by atoms with E-state index in [2.05, 4.69) is 20.6 Å². The molecule has 4 rings (SSSR count).